The maximum absolute atomic E-state index is 13.4. The number of ether oxygens (including phenoxy) is 4. The van der Waals surface area contributed by atoms with E-state index < -0.39 is 5.60 Å². The summed E-state index contributed by atoms with van der Waals surface area (Å²) in [4.78, 5) is 49.5. The van der Waals surface area contributed by atoms with Crippen molar-refractivity contribution >= 4 is 23.9 Å². The summed E-state index contributed by atoms with van der Waals surface area (Å²) in [5, 5.41) is 0. The highest BCUT2D eigenvalue weighted by molar-refractivity contribution is 5.72. The summed E-state index contributed by atoms with van der Waals surface area (Å²) in [6.45, 7) is 8.07. The number of fused-ring (bicyclic) bond motifs is 5. The number of cyclic esters (lactones) is 1. The second kappa shape index (κ2) is 9.74. The molecule has 2 heterocycles. The Morgan fingerprint density at radius 1 is 1.14 bits per heavy atom. The molecule has 4 fully saturated rings. The van der Waals surface area contributed by atoms with Gasteiger partial charge in [-0.05, 0) is 56.3 Å². The molecule has 4 aliphatic rings. The van der Waals surface area contributed by atoms with Gasteiger partial charge in [0.25, 0.3) is 0 Å². The zero-order valence-electron chi connectivity index (χ0n) is 21.7. The number of esters is 4. The molecule has 0 bridgehead atoms. The van der Waals surface area contributed by atoms with Gasteiger partial charge in [0.05, 0.1) is 13.7 Å². The molecule has 2 aliphatic carbocycles. The van der Waals surface area contributed by atoms with E-state index in [0.717, 1.165) is 12.8 Å². The summed E-state index contributed by atoms with van der Waals surface area (Å²) in [6.07, 6.45) is 4.25. The minimum Gasteiger partial charge on any atom is -0.469 e. The van der Waals surface area contributed by atoms with Gasteiger partial charge in [-0.25, -0.2) is 0 Å². The van der Waals surface area contributed by atoms with Crippen LogP contribution in [-0.2, 0) is 38.1 Å². The Morgan fingerprint density at radius 3 is 2.57 bits per heavy atom. The molecule has 0 N–H and O–H groups in total. The number of methoxy groups -OCH3 is 1. The molecular weight excluding hydrogens is 452 g/mol. The molecule has 0 unspecified atom stereocenters. The highest BCUT2D eigenvalue weighted by Crippen LogP contribution is 2.63. The highest BCUT2D eigenvalue weighted by Gasteiger charge is 2.64. The zero-order valence-corrected chi connectivity index (χ0v) is 21.7. The molecule has 0 radical (unpaired) electrons. The fourth-order valence-electron chi connectivity index (χ4n) is 8.14. The van der Waals surface area contributed by atoms with E-state index in [0.29, 0.717) is 38.7 Å². The lowest BCUT2D eigenvalue weighted by Gasteiger charge is -2.54. The molecule has 0 aromatic rings. The summed E-state index contributed by atoms with van der Waals surface area (Å²) in [5.74, 6) is -0.785. The second-order valence-corrected chi connectivity index (χ2v) is 11.7. The Labute approximate surface area is 207 Å². The van der Waals surface area contributed by atoms with Gasteiger partial charge in [-0.1, -0.05) is 13.8 Å². The number of rotatable bonds is 5. The molecule has 2 saturated heterocycles. The first-order valence-electron chi connectivity index (χ1n) is 13.1. The van der Waals surface area contributed by atoms with Crippen molar-refractivity contribution in [2.24, 2.45) is 40.9 Å². The van der Waals surface area contributed by atoms with Crippen molar-refractivity contribution in [3.8, 4) is 0 Å². The quantitative estimate of drug-likeness (QED) is 0.421. The van der Waals surface area contributed by atoms with Crippen LogP contribution in [0, 0.1) is 40.9 Å². The van der Waals surface area contributed by atoms with Crippen LogP contribution in [0.15, 0.2) is 0 Å². The van der Waals surface area contributed by atoms with Gasteiger partial charge >= 0.3 is 23.9 Å². The molecular formula is C27H40O8. The molecule has 196 valence electrons. The summed E-state index contributed by atoms with van der Waals surface area (Å²) in [5.41, 5.74) is -0.989. The Morgan fingerprint density at radius 2 is 1.89 bits per heavy atom. The number of hydrogen-bond acceptors (Lipinski definition) is 8. The SMILES string of the molecule is COC(=O)CC[C@@H](C)[C@H]1CC[C@H]2[C@@H]3[C@H](OC(C)=O)C[C@@H]4COC(=O)CC[C@]4(C)[C@H]3CC(=O)O[C@]12C. The molecule has 9 atom stereocenters. The van der Waals surface area contributed by atoms with Crippen LogP contribution in [0.25, 0.3) is 0 Å². The Bertz CT molecular complexity index is 869. The van der Waals surface area contributed by atoms with Gasteiger partial charge in [0.15, 0.2) is 0 Å². The van der Waals surface area contributed by atoms with Crippen LogP contribution < -0.4 is 0 Å². The second-order valence-electron chi connectivity index (χ2n) is 11.7. The van der Waals surface area contributed by atoms with Gasteiger partial charge in [0.1, 0.15) is 11.7 Å². The van der Waals surface area contributed by atoms with E-state index in [9.17, 15) is 19.2 Å². The van der Waals surface area contributed by atoms with Crippen LogP contribution in [0.1, 0.15) is 79.1 Å². The Balaban J connectivity index is 1.70. The van der Waals surface area contributed by atoms with E-state index in [1.165, 1.54) is 14.0 Å². The summed E-state index contributed by atoms with van der Waals surface area (Å²) >= 11 is 0. The standard InChI is InChI=1S/C27H40O8/c1-15(6-9-22(29)32-5)18-7-8-19-25-20(13-24(31)35-27(18,19)4)26(3)11-10-23(30)33-14-17(26)12-21(25)34-16(2)28/h15,17-21,25H,6-14H2,1-5H3/t15-,17-,18-,19+,20+,21-,25+,26+,27-/m1/s1. The third-order valence-electron chi connectivity index (χ3n) is 9.99. The van der Waals surface area contributed by atoms with Crippen molar-refractivity contribution in [3.05, 3.63) is 0 Å². The van der Waals surface area contributed by atoms with Crippen LogP contribution in [0.5, 0.6) is 0 Å². The van der Waals surface area contributed by atoms with Gasteiger partial charge in [0.2, 0.25) is 0 Å². The van der Waals surface area contributed by atoms with Crippen molar-refractivity contribution in [3.63, 3.8) is 0 Å². The van der Waals surface area contributed by atoms with Gasteiger partial charge in [-0.15, -0.1) is 0 Å². The van der Waals surface area contributed by atoms with Crippen LogP contribution >= 0.6 is 0 Å². The van der Waals surface area contributed by atoms with E-state index in [1.54, 1.807) is 0 Å². The Hall–Kier alpha value is -2.12. The Kier molecular flexibility index (Phi) is 7.22. The topological polar surface area (TPSA) is 105 Å². The molecule has 8 heteroatoms. The average molecular weight is 493 g/mol. The molecule has 8 nitrogen and oxygen atoms in total. The molecule has 35 heavy (non-hydrogen) atoms. The molecule has 0 aromatic carbocycles. The third-order valence-corrected chi connectivity index (χ3v) is 9.99. The molecule has 2 aliphatic heterocycles. The number of carbonyl (C=O) groups excluding carboxylic acids is 4. The summed E-state index contributed by atoms with van der Waals surface area (Å²) in [7, 11) is 1.39. The van der Waals surface area contributed by atoms with Gasteiger partial charge < -0.3 is 18.9 Å². The highest BCUT2D eigenvalue weighted by atomic mass is 16.6. The first-order valence-corrected chi connectivity index (χ1v) is 13.1. The fraction of sp³-hybridized carbons (Fsp3) is 0.852. The first-order chi connectivity index (χ1) is 16.5. The van der Waals surface area contributed by atoms with E-state index in [4.69, 9.17) is 18.9 Å². The normalized spacial score (nSPS) is 41.6. The number of carbonyl (C=O) groups is 4. The van der Waals surface area contributed by atoms with E-state index >= 15 is 0 Å². The minimum atomic E-state index is -0.704. The van der Waals surface area contributed by atoms with Crippen LogP contribution in [0.4, 0.5) is 0 Å². The van der Waals surface area contributed by atoms with Crippen molar-refractivity contribution in [2.75, 3.05) is 13.7 Å². The average Bonchev–Trinajstić information content (AvgIpc) is 2.96. The lowest BCUT2D eigenvalue weighted by molar-refractivity contribution is -0.178. The smallest absolute Gasteiger partial charge is 0.306 e. The van der Waals surface area contributed by atoms with E-state index in [2.05, 4.69) is 13.8 Å². The maximum Gasteiger partial charge on any atom is 0.306 e. The van der Waals surface area contributed by atoms with Crippen molar-refractivity contribution in [1.29, 1.82) is 0 Å². The first kappa shape index (κ1) is 26.0. The van der Waals surface area contributed by atoms with E-state index in [1.807, 2.05) is 6.92 Å². The van der Waals surface area contributed by atoms with Gasteiger partial charge in [-0.3, -0.25) is 19.2 Å². The van der Waals surface area contributed by atoms with Crippen molar-refractivity contribution < 1.29 is 38.1 Å². The summed E-state index contributed by atoms with van der Waals surface area (Å²) in [6, 6.07) is 0. The molecule has 0 amide bonds. The monoisotopic (exact) mass is 492 g/mol. The summed E-state index contributed by atoms with van der Waals surface area (Å²) < 4.78 is 22.6. The predicted molar refractivity (Wildman–Crippen MR) is 125 cm³/mol. The lowest BCUT2D eigenvalue weighted by atomic mass is 9.51. The lowest BCUT2D eigenvalue weighted by Crippen LogP contribution is -2.56. The van der Waals surface area contributed by atoms with Crippen LogP contribution in [0.2, 0.25) is 0 Å². The number of hydrogen-bond donors (Lipinski definition) is 0. The zero-order chi connectivity index (χ0) is 25.5. The minimum absolute atomic E-state index is 0.0212. The molecule has 2 saturated carbocycles. The van der Waals surface area contributed by atoms with Crippen LogP contribution in [-0.4, -0.2) is 49.3 Å². The third kappa shape index (κ3) is 4.69. The van der Waals surface area contributed by atoms with Crippen molar-refractivity contribution in [2.45, 2.75) is 90.8 Å². The molecule has 0 aromatic heterocycles. The van der Waals surface area contributed by atoms with Gasteiger partial charge in [-0.2, -0.15) is 0 Å². The van der Waals surface area contributed by atoms with Crippen molar-refractivity contribution in [1.82, 2.24) is 0 Å². The van der Waals surface area contributed by atoms with E-state index in [-0.39, 0.29) is 77.3 Å². The largest absolute Gasteiger partial charge is 0.469 e. The fourth-order valence-corrected chi connectivity index (χ4v) is 8.14. The van der Waals surface area contributed by atoms with Gasteiger partial charge in [0, 0.05) is 49.9 Å². The van der Waals surface area contributed by atoms with Crippen LogP contribution in [0.3, 0.4) is 0 Å². The molecule has 4 rings (SSSR count). The molecule has 0 spiro atoms. The maximum atomic E-state index is 13.4. The predicted octanol–water partition coefficient (Wildman–Crippen LogP) is 3.83.